The fraction of sp³-hybridized carbons (Fsp3) is 0.417. The first-order chi connectivity index (χ1) is 10.9. The van der Waals surface area contributed by atoms with Crippen LogP contribution in [0.4, 0.5) is 0 Å². The van der Waals surface area contributed by atoms with Crippen LogP contribution >= 0.6 is 0 Å². The summed E-state index contributed by atoms with van der Waals surface area (Å²) < 4.78 is 0. The molecule has 0 saturated heterocycles. The molecule has 15 heteroatoms. The Morgan fingerprint density at radius 3 is 0.593 bits per heavy atom. The van der Waals surface area contributed by atoms with Crippen molar-refractivity contribution in [1.29, 1.82) is 0 Å². The van der Waals surface area contributed by atoms with Crippen LogP contribution in [0.15, 0.2) is 12.0 Å². The molecule has 0 aliphatic carbocycles. The summed E-state index contributed by atoms with van der Waals surface area (Å²) in [4.78, 5) is 45.0. The molecule has 0 amide bonds. The normalized spacial score (nSPS) is 5.81. The quantitative estimate of drug-likeness (QED) is 0.193. The minimum absolute atomic E-state index is 0. The van der Waals surface area contributed by atoms with E-state index in [1.165, 1.54) is 0 Å². The number of rotatable bonds is 0. The summed E-state index contributed by atoms with van der Waals surface area (Å²) in [5, 5.41) is 37.1. The van der Waals surface area contributed by atoms with Gasteiger partial charge in [0.2, 0.25) is 0 Å². The Morgan fingerprint density at radius 1 is 0.556 bits per heavy atom. The van der Waals surface area contributed by atoms with E-state index in [1.807, 2.05) is 0 Å². The van der Waals surface area contributed by atoms with Gasteiger partial charge in [0.1, 0.15) is 5.82 Å². The molecule has 0 fully saturated rings. The number of carbonyl (C=O) groups is 5. The Morgan fingerprint density at radius 2 is 0.593 bits per heavy atom. The molecule has 0 rings (SSSR count). The van der Waals surface area contributed by atoms with Crippen LogP contribution in [0.1, 0.15) is 34.6 Å². The molecule has 0 saturated carbocycles. The molecule has 0 spiro atoms. The molecular formula is C12H29N3Na2O10. The molecular weight excluding hydrogens is 392 g/mol. The van der Waals surface area contributed by atoms with Crippen LogP contribution in [0, 0.1) is 0 Å². The van der Waals surface area contributed by atoms with Gasteiger partial charge in [-0.1, -0.05) is 0 Å². The van der Waals surface area contributed by atoms with Gasteiger partial charge >= 0.3 is 59.1 Å². The monoisotopic (exact) mass is 421 g/mol. The summed E-state index contributed by atoms with van der Waals surface area (Å²) >= 11 is 0. The van der Waals surface area contributed by atoms with Gasteiger partial charge in [-0.2, -0.15) is 0 Å². The molecule has 0 aromatic heterocycles. The van der Waals surface area contributed by atoms with Crippen LogP contribution in [0.2, 0.25) is 0 Å². The zero-order chi connectivity index (χ0) is 22.2. The van der Waals surface area contributed by atoms with E-state index >= 15 is 0 Å². The van der Waals surface area contributed by atoms with Crippen molar-refractivity contribution in [2.45, 2.75) is 34.6 Å². The molecule has 0 atom stereocenters. The van der Waals surface area contributed by atoms with Crippen LogP contribution < -0.4 is 17.2 Å². The molecule has 0 heterocycles. The SMILES string of the molecule is CC(=O)O.CC(=O)O.CC(=O)O.CC(=O)O.CC(=O)O.NC=C(N)N.[NaH].[NaH]. The average Bonchev–Trinajstić information content (AvgIpc) is 2.24. The Kier molecular flexibility index (Phi) is 81.8. The summed E-state index contributed by atoms with van der Waals surface area (Å²) in [6, 6.07) is 0. The number of hydrogen-bond donors (Lipinski definition) is 8. The number of aliphatic carboxylic acids is 5. The minimum atomic E-state index is -0.833. The average molecular weight is 421 g/mol. The van der Waals surface area contributed by atoms with E-state index in [2.05, 4.69) is 0 Å². The summed E-state index contributed by atoms with van der Waals surface area (Å²) in [5.74, 6) is -4.01. The molecule has 13 nitrogen and oxygen atoms in total. The zero-order valence-electron chi connectivity index (χ0n) is 14.6. The van der Waals surface area contributed by atoms with Gasteiger partial charge in [-0.05, 0) is 0 Å². The van der Waals surface area contributed by atoms with Gasteiger partial charge < -0.3 is 42.7 Å². The van der Waals surface area contributed by atoms with Crippen molar-refractivity contribution in [2.24, 2.45) is 17.2 Å². The molecule has 0 radical (unpaired) electrons. The number of carboxylic acid groups (broad SMARTS) is 5. The van der Waals surface area contributed by atoms with Crippen molar-refractivity contribution in [3.8, 4) is 0 Å². The molecule has 154 valence electrons. The van der Waals surface area contributed by atoms with Gasteiger partial charge in [-0.25, -0.2) is 0 Å². The third kappa shape index (κ3) is 51600. The Bertz CT molecular complexity index is 325. The third-order valence-electron chi connectivity index (χ3n) is 0.192. The zero-order valence-corrected chi connectivity index (χ0v) is 14.6. The van der Waals surface area contributed by atoms with Gasteiger partial charge in [0, 0.05) is 40.8 Å². The summed E-state index contributed by atoms with van der Waals surface area (Å²) in [6.07, 6.45) is 1.14. The molecule has 0 aliphatic heterocycles. The van der Waals surface area contributed by atoms with E-state index in [-0.39, 0.29) is 64.9 Å². The molecule has 0 aromatic rings. The number of carboxylic acids is 5. The van der Waals surface area contributed by atoms with Crippen molar-refractivity contribution in [2.75, 3.05) is 0 Å². The van der Waals surface area contributed by atoms with Crippen LogP contribution in [-0.4, -0.2) is 114 Å². The van der Waals surface area contributed by atoms with E-state index in [4.69, 9.17) is 66.7 Å². The fourth-order valence-corrected chi connectivity index (χ4v) is 0. The predicted molar refractivity (Wildman–Crippen MR) is 101 cm³/mol. The van der Waals surface area contributed by atoms with E-state index < -0.39 is 29.8 Å². The van der Waals surface area contributed by atoms with Crippen molar-refractivity contribution in [3.63, 3.8) is 0 Å². The van der Waals surface area contributed by atoms with Crippen molar-refractivity contribution in [3.05, 3.63) is 12.0 Å². The van der Waals surface area contributed by atoms with E-state index in [1.54, 1.807) is 0 Å². The topological polar surface area (TPSA) is 265 Å². The van der Waals surface area contributed by atoms with Gasteiger partial charge in [0.15, 0.2) is 0 Å². The van der Waals surface area contributed by atoms with Crippen molar-refractivity contribution in [1.82, 2.24) is 0 Å². The predicted octanol–water partition coefficient (Wildman–Crippen LogP) is -2.18. The second kappa shape index (κ2) is 44.2. The Balaban J connectivity index is -0.0000000264. The third-order valence-corrected chi connectivity index (χ3v) is 0.192. The first-order valence-electron chi connectivity index (χ1n) is 5.84. The second-order valence-corrected chi connectivity index (χ2v) is 3.26. The van der Waals surface area contributed by atoms with Gasteiger partial charge in [-0.15, -0.1) is 0 Å². The van der Waals surface area contributed by atoms with E-state index in [0.29, 0.717) is 0 Å². The summed E-state index contributed by atoms with van der Waals surface area (Å²) in [7, 11) is 0. The Hall–Kier alpha value is -1.51. The van der Waals surface area contributed by atoms with E-state index in [0.717, 1.165) is 40.8 Å². The number of nitrogens with two attached hydrogens (primary N) is 3. The van der Waals surface area contributed by atoms with Gasteiger partial charge in [-0.3, -0.25) is 24.0 Å². The molecule has 0 aromatic carbocycles. The van der Waals surface area contributed by atoms with Crippen LogP contribution in [-0.2, 0) is 24.0 Å². The number of hydrogen-bond acceptors (Lipinski definition) is 8. The molecule has 0 unspecified atom stereocenters. The van der Waals surface area contributed by atoms with Gasteiger partial charge in [0.05, 0.1) is 0 Å². The first kappa shape index (κ1) is 50.0. The molecule has 27 heavy (non-hydrogen) atoms. The summed E-state index contributed by atoms with van der Waals surface area (Å²) in [6.45, 7) is 5.42. The van der Waals surface area contributed by atoms with Crippen molar-refractivity contribution >= 4 is 89.0 Å². The van der Waals surface area contributed by atoms with Crippen LogP contribution in [0.25, 0.3) is 0 Å². The van der Waals surface area contributed by atoms with Crippen LogP contribution in [0.3, 0.4) is 0 Å². The molecule has 0 aliphatic rings. The summed E-state index contributed by atoms with van der Waals surface area (Å²) in [5.41, 5.74) is 14.4. The van der Waals surface area contributed by atoms with Crippen LogP contribution in [0.5, 0.6) is 0 Å². The van der Waals surface area contributed by atoms with E-state index in [9.17, 15) is 0 Å². The first-order valence-corrected chi connectivity index (χ1v) is 5.84. The Labute approximate surface area is 201 Å². The van der Waals surface area contributed by atoms with Gasteiger partial charge in [0.25, 0.3) is 29.8 Å². The maximum atomic E-state index is 9.00. The molecule has 0 bridgehead atoms. The standard InChI is InChI=1S/C2H7N3.5C2H4O2.2Na.2H/c3-1-2(4)5;5*1-2(3)4;;;;/h1H,3-5H2;5*1H3,(H,3,4);;;;. The maximum absolute atomic E-state index is 9.00. The fourth-order valence-electron chi connectivity index (χ4n) is 0. The molecule has 11 N–H and O–H groups in total. The van der Waals surface area contributed by atoms with Crippen molar-refractivity contribution < 1.29 is 49.5 Å². The second-order valence-electron chi connectivity index (χ2n) is 3.26.